The molecule has 1 aliphatic carbocycles. The minimum atomic E-state index is 0.453. The lowest BCUT2D eigenvalue weighted by Gasteiger charge is -2.24. The molecule has 1 fully saturated rings. The number of hydrogen-bond acceptors (Lipinski definition) is 2. The van der Waals surface area contributed by atoms with Crippen molar-refractivity contribution in [2.24, 2.45) is 5.41 Å². The minimum absolute atomic E-state index is 0.453. The van der Waals surface area contributed by atoms with Crippen LogP contribution in [0.4, 0.5) is 5.69 Å². The van der Waals surface area contributed by atoms with E-state index in [0.717, 1.165) is 17.7 Å². The number of benzene rings is 1. The highest BCUT2D eigenvalue weighted by atomic mass is 15.0. The van der Waals surface area contributed by atoms with Crippen molar-refractivity contribution in [2.45, 2.75) is 39.2 Å². The maximum Gasteiger partial charge on any atom is 0.0958 e. The normalized spacial score (nSPS) is 18.9. The number of anilines is 1. The predicted octanol–water partition coefficient (Wildman–Crippen LogP) is 3.20. The Labute approximate surface area is 102 Å². The first kappa shape index (κ1) is 10.6. The molecule has 3 heteroatoms. The number of aromatic nitrogens is 2. The number of imidazole rings is 1. The van der Waals surface area contributed by atoms with Gasteiger partial charge < -0.3 is 10.3 Å². The molecule has 0 unspecified atom stereocenters. The summed E-state index contributed by atoms with van der Waals surface area (Å²) in [4.78, 5) is 4.44. The molecule has 0 saturated heterocycles. The van der Waals surface area contributed by atoms with Gasteiger partial charge in [0.1, 0.15) is 0 Å². The Morgan fingerprint density at radius 1 is 1.35 bits per heavy atom. The smallest absolute Gasteiger partial charge is 0.0958 e. The van der Waals surface area contributed by atoms with E-state index in [2.05, 4.69) is 22.5 Å². The van der Waals surface area contributed by atoms with Crippen LogP contribution in [0, 0.1) is 5.41 Å². The lowest BCUT2D eigenvalue weighted by atomic mass is 9.89. The molecule has 0 bridgehead atoms. The van der Waals surface area contributed by atoms with Crippen molar-refractivity contribution in [1.82, 2.24) is 9.55 Å². The molecule has 90 valence electrons. The largest absolute Gasteiger partial charge is 0.399 e. The molecule has 1 saturated carbocycles. The van der Waals surface area contributed by atoms with Crippen LogP contribution in [-0.2, 0) is 6.54 Å². The maximum atomic E-state index is 5.77. The highest BCUT2D eigenvalue weighted by Gasteiger charge is 2.29. The number of hydrogen-bond donors (Lipinski definition) is 1. The quantitative estimate of drug-likeness (QED) is 0.804. The Bertz CT molecular complexity index is 535. The summed E-state index contributed by atoms with van der Waals surface area (Å²) >= 11 is 0. The van der Waals surface area contributed by atoms with Gasteiger partial charge in [-0.3, -0.25) is 0 Å². The van der Waals surface area contributed by atoms with Crippen molar-refractivity contribution < 1.29 is 0 Å². The molecule has 1 aromatic carbocycles. The van der Waals surface area contributed by atoms with E-state index in [4.69, 9.17) is 5.73 Å². The average Bonchev–Trinajstić information content (AvgIpc) is 2.87. The van der Waals surface area contributed by atoms with Crippen LogP contribution >= 0.6 is 0 Å². The summed E-state index contributed by atoms with van der Waals surface area (Å²) in [7, 11) is 0. The lowest BCUT2D eigenvalue weighted by molar-refractivity contribution is 0.285. The van der Waals surface area contributed by atoms with Gasteiger partial charge in [-0.25, -0.2) is 4.98 Å². The lowest BCUT2D eigenvalue weighted by Crippen LogP contribution is -2.18. The van der Waals surface area contributed by atoms with Gasteiger partial charge >= 0.3 is 0 Å². The molecule has 1 heterocycles. The molecule has 0 atom stereocenters. The first-order valence-corrected chi connectivity index (χ1v) is 6.37. The molecular formula is C14H19N3. The Kier molecular flexibility index (Phi) is 2.35. The van der Waals surface area contributed by atoms with E-state index in [0.29, 0.717) is 5.41 Å². The molecule has 0 aliphatic heterocycles. The van der Waals surface area contributed by atoms with Gasteiger partial charge in [-0.2, -0.15) is 0 Å². The van der Waals surface area contributed by atoms with Gasteiger partial charge in [0.25, 0.3) is 0 Å². The SMILES string of the molecule is CC1(Cn2cnc3cc(N)ccc32)CCCC1. The summed E-state index contributed by atoms with van der Waals surface area (Å²) in [6, 6.07) is 5.98. The second-order valence-corrected chi connectivity index (χ2v) is 5.64. The molecule has 0 spiro atoms. The molecular weight excluding hydrogens is 210 g/mol. The summed E-state index contributed by atoms with van der Waals surface area (Å²) in [6.07, 6.45) is 7.36. The third-order valence-electron chi connectivity index (χ3n) is 4.01. The van der Waals surface area contributed by atoms with Gasteiger partial charge in [0.05, 0.1) is 17.4 Å². The molecule has 2 N–H and O–H groups in total. The maximum absolute atomic E-state index is 5.77. The van der Waals surface area contributed by atoms with Crippen molar-refractivity contribution in [1.29, 1.82) is 0 Å². The van der Waals surface area contributed by atoms with E-state index in [-0.39, 0.29) is 0 Å². The molecule has 1 aromatic heterocycles. The summed E-state index contributed by atoms with van der Waals surface area (Å²) in [5, 5.41) is 0. The Morgan fingerprint density at radius 2 is 2.12 bits per heavy atom. The monoisotopic (exact) mass is 229 g/mol. The van der Waals surface area contributed by atoms with Crippen LogP contribution in [-0.4, -0.2) is 9.55 Å². The number of nitrogens with two attached hydrogens (primary N) is 1. The zero-order valence-corrected chi connectivity index (χ0v) is 10.3. The van der Waals surface area contributed by atoms with Crippen molar-refractivity contribution in [3.63, 3.8) is 0 Å². The topological polar surface area (TPSA) is 43.8 Å². The summed E-state index contributed by atoms with van der Waals surface area (Å²) in [6.45, 7) is 3.47. The van der Waals surface area contributed by atoms with Gasteiger partial charge in [-0.15, -0.1) is 0 Å². The van der Waals surface area contributed by atoms with E-state index in [9.17, 15) is 0 Å². The van der Waals surface area contributed by atoms with Crippen LogP contribution in [0.15, 0.2) is 24.5 Å². The van der Waals surface area contributed by atoms with Gasteiger partial charge in [-0.1, -0.05) is 19.8 Å². The van der Waals surface area contributed by atoms with E-state index in [1.54, 1.807) is 0 Å². The zero-order valence-electron chi connectivity index (χ0n) is 10.3. The third-order valence-corrected chi connectivity index (χ3v) is 4.01. The first-order valence-electron chi connectivity index (χ1n) is 6.37. The number of nitrogen functional groups attached to an aromatic ring is 1. The summed E-state index contributed by atoms with van der Waals surface area (Å²) < 4.78 is 2.28. The fourth-order valence-corrected chi connectivity index (χ4v) is 3.00. The number of nitrogens with zero attached hydrogens (tertiary/aromatic N) is 2. The van der Waals surface area contributed by atoms with Crippen LogP contribution in [0.2, 0.25) is 0 Å². The predicted molar refractivity (Wildman–Crippen MR) is 70.7 cm³/mol. The van der Waals surface area contributed by atoms with Crippen molar-refractivity contribution >= 4 is 16.7 Å². The highest BCUT2D eigenvalue weighted by molar-refractivity contribution is 5.78. The van der Waals surface area contributed by atoms with Crippen molar-refractivity contribution in [3.05, 3.63) is 24.5 Å². The summed E-state index contributed by atoms with van der Waals surface area (Å²) in [5.41, 5.74) is 9.22. The van der Waals surface area contributed by atoms with Gasteiger partial charge in [0, 0.05) is 12.2 Å². The standard InChI is InChI=1S/C14H19N3/c1-14(6-2-3-7-14)9-17-10-16-12-8-11(15)4-5-13(12)17/h4-5,8,10H,2-3,6-7,9,15H2,1H3. The molecule has 1 aliphatic rings. The molecule has 3 nitrogen and oxygen atoms in total. The Hall–Kier alpha value is -1.51. The van der Waals surface area contributed by atoms with Crippen LogP contribution in [0.3, 0.4) is 0 Å². The van der Waals surface area contributed by atoms with Crippen LogP contribution in [0.1, 0.15) is 32.6 Å². The summed E-state index contributed by atoms with van der Waals surface area (Å²) in [5.74, 6) is 0. The second-order valence-electron chi connectivity index (χ2n) is 5.64. The number of rotatable bonds is 2. The van der Waals surface area contributed by atoms with Gasteiger partial charge in [-0.05, 0) is 36.5 Å². The fourth-order valence-electron chi connectivity index (χ4n) is 3.00. The molecule has 3 rings (SSSR count). The van der Waals surface area contributed by atoms with E-state index >= 15 is 0 Å². The Morgan fingerprint density at radius 3 is 2.88 bits per heavy atom. The molecule has 17 heavy (non-hydrogen) atoms. The van der Waals surface area contributed by atoms with Crippen LogP contribution in [0.25, 0.3) is 11.0 Å². The average molecular weight is 229 g/mol. The van der Waals surface area contributed by atoms with Crippen LogP contribution < -0.4 is 5.73 Å². The first-order chi connectivity index (χ1) is 8.16. The van der Waals surface area contributed by atoms with E-state index in [1.807, 2.05) is 18.5 Å². The van der Waals surface area contributed by atoms with E-state index in [1.165, 1.54) is 31.2 Å². The third kappa shape index (κ3) is 1.90. The molecule has 0 amide bonds. The van der Waals surface area contributed by atoms with Crippen molar-refractivity contribution in [3.8, 4) is 0 Å². The van der Waals surface area contributed by atoms with E-state index < -0.39 is 0 Å². The molecule has 2 aromatic rings. The molecule has 0 radical (unpaired) electrons. The second kappa shape index (κ2) is 3.76. The van der Waals surface area contributed by atoms with Gasteiger partial charge in [0.15, 0.2) is 0 Å². The van der Waals surface area contributed by atoms with Crippen LogP contribution in [0.5, 0.6) is 0 Å². The fraction of sp³-hybridized carbons (Fsp3) is 0.500. The Balaban J connectivity index is 1.95. The number of fused-ring (bicyclic) bond motifs is 1. The zero-order chi connectivity index (χ0) is 11.9. The highest BCUT2D eigenvalue weighted by Crippen LogP contribution is 2.39. The minimum Gasteiger partial charge on any atom is -0.399 e. The van der Waals surface area contributed by atoms with Crippen molar-refractivity contribution in [2.75, 3.05) is 5.73 Å². The van der Waals surface area contributed by atoms with Gasteiger partial charge in [0.2, 0.25) is 0 Å².